The van der Waals surface area contributed by atoms with E-state index < -0.39 is 67.3 Å². The molecule has 1 saturated carbocycles. The molecule has 0 spiro atoms. The Kier molecular flexibility index (Phi) is 4.92. The quantitative estimate of drug-likeness (QED) is 0.248. The third-order valence-electron chi connectivity index (χ3n) is 4.99. The highest BCUT2D eigenvalue weighted by molar-refractivity contribution is 5.32. The van der Waals surface area contributed by atoms with Gasteiger partial charge in [0.1, 0.15) is 42.2 Å². The maximum Gasteiger partial charge on any atom is 0.211 e. The average molecular weight is 362 g/mol. The van der Waals surface area contributed by atoms with Crippen molar-refractivity contribution < 1.29 is 50.0 Å². The summed E-state index contributed by atoms with van der Waals surface area (Å²) < 4.78 is 16.0. The zero-order valence-electron chi connectivity index (χ0n) is 13.1. The number of rotatable bonds is 3. The van der Waals surface area contributed by atoms with E-state index in [0.29, 0.717) is 0 Å². The second-order valence-corrected chi connectivity index (χ2v) is 6.47. The van der Waals surface area contributed by atoms with Gasteiger partial charge < -0.3 is 50.0 Å². The standard InChI is InChI=1S/C15H22O10/c1-5-7-13(23-3-2-15(7,22)12(21)8(5)17)25-14-11(20)10(19)9(18)6(4-16)24-14/h2-3,6-14,16-22H,1,4H2. The highest BCUT2D eigenvalue weighted by atomic mass is 16.8. The number of fused-ring (bicyclic) bond motifs is 1. The number of aliphatic hydroxyl groups is 7. The lowest BCUT2D eigenvalue weighted by Crippen LogP contribution is -2.61. The van der Waals surface area contributed by atoms with Crippen molar-refractivity contribution in [2.24, 2.45) is 5.92 Å². The first kappa shape index (κ1) is 18.7. The van der Waals surface area contributed by atoms with Crippen LogP contribution in [0.15, 0.2) is 24.5 Å². The second-order valence-electron chi connectivity index (χ2n) is 6.47. The molecule has 2 heterocycles. The van der Waals surface area contributed by atoms with E-state index >= 15 is 0 Å². The van der Waals surface area contributed by atoms with Gasteiger partial charge in [0.15, 0.2) is 6.29 Å². The molecule has 10 nitrogen and oxygen atoms in total. The van der Waals surface area contributed by atoms with Crippen molar-refractivity contribution in [2.75, 3.05) is 6.61 Å². The van der Waals surface area contributed by atoms with Crippen molar-refractivity contribution in [1.82, 2.24) is 0 Å². The molecule has 3 aliphatic rings. The molecule has 0 amide bonds. The summed E-state index contributed by atoms with van der Waals surface area (Å²) in [4.78, 5) is 0. The Morgan fingerprint density at radius 3 is 2.40 bits per heavy atom. The van der Waals surface area contributed by atoms with Gasteiger partial charge in [-0.05, 0) is 11.6 Å². The molecule has 2 fully saturated rings. The van der Waals surface area contributed by atoms with Crippen LogP contribution in [-0.2, 0) is 14.2 Å². The first-order chi connectivity index (χ1) is 11.7. The van der Waals surface area contributed by atoms with Gasteiger partial charge in [0.05, 0.1) is 18.8 Å². The SMILES string of the molecule is C=C1C(O)C(O)C2(O)C=COC(OC3OC(CO)C(O)C(O)C3O)C12. The van der Waals surface area contributed by atoms with E-state index in [4.69, 9.17) is 14.2 Å². The van der Waals surface area contributed by atoms with Crippen LogP contribution in [0.5, 0.6) is 0 Å². The Morgan fingerprint density at radius 2 is 1.76 bits per heavy atom. The van der Waals surface area contributed by atoms with Gasteiger partial charge in [-0.3, -0.25) is 0 Å². The van der Waals surface area contributed by atoms with Gasteiger partial charge in [0, 0.05) is 0 Å². The van der Waals surface area contributed by atoms with Gasteiger partial charge in [0.2, 0.25) is 6.29 Å². The van der Waals surface area contributed by atoms with E-state index in [1.54, 1.807) is 0 Å². The van der Waals surface area contributed by atoms with Crippen LogP contribution in [0.25, 0.3) is 0 Å². The molecule has 0 aromatic carbocycles. The van der Waals surface area contributed by atoms with Gasteiger partial charge in [-0.15, -0.1) is 0 Å². The van der Waals surface area contributed by atoms with Gasteiger partial charge in [0.25, 0.3) is 0 Å². The van der Waals surface area contributed by atoms with E-state index in [0.717, 1.165) is 12.3 Å². The van der Waals surface area contributed by atoms with Crippen LogP contribution in [0.3, 0.4) is 0 Å². The highest BCUT2D eigenvalue weighted by Gasteiger charge is 2.60. The largest absolute Gasteiger partial charge is 0.472 e. The summed E-state index contributed by atoms with van der Waals surface area (Å²) in [6.45, 7) is 3.01. The Labute approximate surface area is 142 Å². The van der Waals surface area contributed by atoms with Crippen LogP contribution < -0.4 is 0 Å². The number of aliphatic hydroxyl groups excluding tert-OH is 6. The lowest BCUT2D eigenvalue weighted by molar-refractivity contribution is -0.343. The summed E-state index contributed by atoms with van der Waals surface area (Å²) in [6.07, 6.45) is -9.57. The third kappa shape index (κ3) is 2.79. The molecular formula is C15H22O10. The predicted octanol–water partition coefficient (Wildman–Crippen LogP) is -3.69. The summed E-state index contributed by atoms with van der Waals surface area (Å²) in [7, 11) is 0. The van der Waals surface area contributed by atoms with E-state index in [-0.39, 0.29) is 5.57 Å². The zero-order chi connectivity index (χ0) is 18.5. The molecule has 10 heteroatoms. The van der Waals surface area contributed by atoms with Gasteiger partial charge in [-0.2, -0.15) is 0 Å². The average Bonchev–Trinajstić information content (AvgIpc) is 2.76. The maximum atomic E-state index is 10.6. The van der Waals surface area contributed by atoms with Crippen molar-refractivity contribution in [2.45, 2.75) is 54.8 Å². The fraction of sp³-hybridized carbons (Fsp3) is 0.733. The van der Waals surface area contributed by atoms with Crippen LogP contribution in [0.4, 0.5) is 0 Å². The minimum atomic E-state index is -1.90. The molecule has 10 unspecified atom stereocenters. The van der Waals surface area contributed by atoms with Gasteiger partial charge in [-0.25, -0.2) is 0 Å². The lowest BCUT2D eigenvalue weighted by atomic mass is 9.86. The van der Waals surface area contributed by atoms with Crippen LogP contribution in [0.2, 0.25) is 0 Å². The molecule has 1 saturated heterocycles. The van der Waals surface area contributed by atoms with Gasteiger partial charge >= 0.3 is 0 Å². The van der Waals surface area contributed by atoms with E-state index in [9.17, 15) is 35.7 Å². The van der Waals surface area contributed by atoms with Crippen LogP contribution >= 0.6 is 0 Å². The summed E-state index contributed by atoms with van der Waals surface area (Å²) in [5.41, 5.74) is -1.83. The molecule has 3 rings (SSSR count). The van der Waals surface area contributed by atoms with Crippen molar-refractivity contribution in [3.63, 3.8) is 0 Å². The molecular weight excluding hydrogens is 340 g/mol. The Balaban J connectivity index is 1.81. The summed E-state index contributed by atoms with van der Waals surface area (Å²) in [5, 5.41) is 69.4. The minimum absolute atomic E-state index is 0.0638. The Hall–Kier alpha value is -1.08. The van der Waals surface area contributed by atoms with Crippen molar-refractivity contribution in [1.29, 1.82) is 0 Å². The summed E-state index contributed by atoms with van der Waals surface area (Å²) >= 11 is 0. The molecule has 2 aliphatic heterocycles. The molecule has 0 aromatic heterocycles. The molecule has 0 bridgehead atoms. The highest BCUT2D eigenvalue weighted by Crippen LogP contribution is 2.46. The van der Waals surface area contributed by atoms with E-state index in [1.165, 1.54) is 0 Å². The third-order valence-corrected chi connectivity index (χ3v) is 4.99. The molecule has 1 aliphatic carbocycles. The lowest BCUT2D eigenvalue weighted by Gasteiger charge is -2.43. The zero-order valence-corrected chi connectivity index (χ0v) is 13.1. The van der Waals surface area contributed by atoms with Crippen LogP contribution in [0, 0.1) is 5.92 Å². The van der Waals surface area contributed by atoms with Crippen molar-refractivity contribution >= 4 is 0 Å². The fourth-order valence-electron chi connectivity index (χ4n) is 3.44. The Bertz CT molecular complexity index is 550. The molecule has 25 heavy (non-hydrogen) atoms. The number of hydrogen-bond donors (Lipinski definition) is 7. The first-order valence-electron chi connectivity index (χ1n) is 7.78. The molecule has 10 atom stereocenters. The molecule has 0 radical (unpaired) electrons. The Morgan fingerprint density at radius 1 is 1.08 bits per heavy atom. The van der Waals surface area contributed by atoms with Crippen LogP contribution in [-0.4, -0.2) is 97.2 Å². The topological polar surface area (TPSA) is 169 Å². The molecule has 142 valence electrons. The van der Waals surface area contributed by atoms with E-state index in [1.807, 2.05) is 0 Å². The predicted molar refractivity (Wildman–Crippen MR) is 78.5 cm³/mol. The fourth-order valence-corrected chi connectivity index (χ4v) is 3.44. The van der Waals surface area contributed by atoms with Crippen molar-refractivity contribution in [3.8, 4) is 0 Å². The van der Waals surface area contributed by atoms with Crippen LogP contribution in [0.1, 0.15) is 0 Å². The normalized spacial score (nSPS) is 52.8. The second kappa shape index (κ2) is 6.58. The monoisotopic (exact) mass is 362 g/mol. The summed E-state index contributed by atoms with van der Waals surface area (Å²) in [5.74, 6) is -1.07. The number of ether oxygens (including phenoxy) is 3. The number of hydrogen-bond acceptors (Lipinski definition) is 10. The maximum absolute atomic E-state index is 10.6. The van der Waals surface area contributed by atoms with Crippen molar-refractivity contribution in [3.05, 3.63) is 24.5 Å². The summed E-state index contributed by atoms with van der Waals surface area (Å²) in [6, 6.07) is 0. The van der Waals surface area contributed by atoms with Gasteiger partial charge in [-0.1, -0.05) is 6.58 Å². The smallest absolute Gasteiger partial charge is 0.211 e. The minimum Gasteiger partial charge on any atom is -0.472 e. The molecule has 7 N–H and O–H groups in total. The molecule has 0 aromatic rings. The first-order valence-corrected chi connectivity index (χ1v) is 7.78. The van der Waals surface area contributed by atoms with E-state index in [2.05, 4.69) is 6.58 Å².